The monoisotopic (exact) mass is 1560 g/mol. The van der Waals surface area contributed by atoms with Gasteiger partial charge in [0.15, 0.2) is 6.29 Å². The fourth-order valence-corrected chi connectivity index (χ4v) is 8.55. The minimum Gasteiger partial charge on any atom is -0.481 e. The number of nitrogens with zero attached hydrogens (tertiary/aromatic N) is 6. The molecule has 107 heavy (non-hydrogen) atoms. The Morgan fingerprint density at radius 3 is 1.04 bits per heavy atom. The topological polar surface area (TPSA) is 351 Å². The second-order valence-corrected chi connectivity index (χ2v) is 29.1. The number of halogens is 1. The Morgan fingerprint density at radius 2 is 0.776 bits per heavy atom. The molecule has 2 rings (SSSR count). The number of benzene rings is 2. The van der Waals surface area contributed by atoms with Gasteiger partial charge in [-0.15, -0.1) is 12.4 Å². The molecule has 0 radical (unpaired) electrons. The van der Waals surface area contributed by atoms with Gasteiger partial charge in [0, 0.05) is 107 Å². The predicted molar refractivity (Wildman–Crippen MR) is 428 cm³/mol. The molecule has 4 amide bonds. The van der Waals surface area contributed by atoms with Crippen LogP contribution in [0.25, 0.3) is 0 Å². The molecule has 0 aliphatic rings. The van der Waals surface area contributed by atoms with Gasteiger partial charge in [-0.25, -0.2) is 19.2 Å². The molecule has 6 N–H and O–H groups in total. The van der Waals surface area contributed by atoms with Crippen molar-refractivity contribution in [1.29, 1.82) is 0 Å². The summed E-state index contributed by atoms with van der Waals surface area (Å²) in [6, 6.07) is 18.3. The number of aldehydes is 1. The molecule has 28 nitrogen and oxygen atoms in total. The molecular formula is C78H150ClN7O21. The van der Waals surface area contributed by atoms with Crippen LogP contribution in [-0.4, -0.2) is 260 Å². The summed E-state index contributed by atoms with van der Waals surface area (Å²) in [5, 5.41) is 27.2. The van der Waals surface area contributed by atoms with Gasteiger partial charge in [0.25, 0.3) is 5.97 Å². The number of aliphatic carboxylic acids is 2. The zero-order valence-electron chi connectivity index (χ0n) is 69.4. The number of carbonyl (C=O) groups is 9. The van der Waals surface area contributed by atoms with Gasteiger partial charge in [0.2, 0.25) is 0 Å². The third-order valence-electron chi connectivity index (χ3n) is 13.2. The van der Waals surface area contributed by atoms with E-state index in [1.165, 1.54) is 14.7 Å². The first kappa shape index (κ1) is 118. The van der Waals surface area contributed by atoms with Gasteiger partial charge in [-0.3, -0.25) is 29.0 Å². The van der Waals surface area contributed by atoms with E-state index in [0.29, 0.717) is 78.4 Å². The number of aliphatic hydroxyl groups excluding tert-OH is 1. The molecule has 0 spiro atoms. The SMILES string of the molecule is C.C.CC(=O)O.CC(C)[C@@H](C(=O)O)N(C)CCCN(C)C(=O)OC(C)(C)C.CC(C)[C@@H](C(=O)OCc1ccccc1)N(C)CCCN(C)C(=O)OC(C)(C)C.CCO.CCOC(CCN(C)C(=O)OC(C)(C)C)OCC.CN(CCC=O)C(=O)OC(C)(C)C.CN[C@H](C(=O)OCc1ccccc1)C(C)C.Cl.O. The summed E-state index contributed by atoms with van der Waals surface area (Å²) in [7, 11) is 12.2. The van der Waals surface area contributed by atoms with Crippen LogP contribution in [0.2, 0.25) is 0 Å². The molecule has 2 aromatic carbocycles. The van der Waals surface area contributed by atoms with Gasteiger partial charge in [-0.1, -0.05) is 117 Å². The summed E-state index contributed by atoms with van der Waals surface area (Å²) in [6.45, 7) is 45.8. The molecule has 2 aromatic rings. The van der Waals surface area contributed by atoms with Gasteiger partial charge in [-0.2, -0.15) is 0 Å². The minimum atomic E-state index is -0.833. The van der Waals surface area contributed by atoms with Gasteiger partial charge in [0.05, 0.1) is 0 Å². The van der Waals surface area contributed by atoms with Crippen molar-refractivity contribution in [3.8, 4) is 0 Å². The number of nitrogens with one attached hydrogen (secondary N) is 1. The van der Waals surface area contributed by atoms with Crippen LogP contribution in [0, 0.1) is 17.8 Å². The van der Waals surface area contributed by atoms with Crippen LogP contribution in [0.15, 0.2) is 60.7 Å². The lowest BCUT2D eigenvalue weighted by Gasteiger charge is -2.30. The van der Waals surface area contributed by atoms with Crippen molar-refractivity contribution in [2.45, 2.75) is 253 Å². The van der Waals surface area contributed by atoms with Gasteiger partial charge < -0.3 is 88.4 Å². The molecule has 630 valence electrons. The number of hydrogen-bond donors (Lipinski definition) is 4. The molecule has 0 bridgehead atoms. The molecule has 0 aliphatic heterocycles. The molecule has 3 atom stereocenters. The Labute approximate surface area is 651 Å². The fourth-order valence-electron chi connectivity index (χ4n) is 8.55. The first-order chi connectivity index (χ1) is 47.4. The van der Waals surface area contributed by atoms with E-state index >= 15 is 0 Å². The van der Waals surface area contributed by atoms with Crippen molar-refractivity contribution in [3.05, 3.63) is 71.8 Å². The Hall–Kier alpha value is -6.92. The summed E-state index contributed by atoms with van der Waals surface area (Å²) in [5.74, 6) is -1.67. The average Bonchev–Trinajstić information content (AvgIpc) is 0.883. The van der Waals surface area contributed by atoms with Crippen molar-refractivity contribution < 1.29 is 102 Å². The lowest BCUT2D eigenvalue weighted by atomic mass is 10.0. The number of carbonyl (C=O) groups excluding carboxylic acids is 7. The molecule has 0 unspecified atom stereocenters. The Bertz CT molecular complexity index is 2590. The zero-order chi connectivity index (χ0) is 81.0. The van der Waals surface area contributed by atoms with E-state index in [-0.39, 0.29) is 112 Å². The van der Waals surface area contributed by atoms with Crippen LogP contribution in [0.5, 0.6) is 0 Å². The maximum absolute atomic E-state index is 12.6. The van der Waals surface area contributed by atoms with Gasteiger partial charge >= 0.3 is 42.3 Å². The number of carboxylic acids is 2. The van der Waals surface area contributed by atoms with Crippen LogP contribution in [0.3, 0.4) is 0 Å². The van der Waals surface area contributed by atoms with Crippen molar-refractivity contribution in [2.24, 2.45) is 17.8 Å². The number of likely N-dealkylation sites (N-methyl/N-ethyl adjacent to an activating group) is 3. The van der Waals surface area contributed by atoms with Crippen molar-refractivity contribution >= 4 is 66.9 Å². The quantitative estimate of drug-likeness (QED) is 0.0236. The van der Waals surface area contributed by atoms with E-state index in [2.05, 4.69) is 5.32 Å². The van der Waals surface area contributed by atoms with Crippen LogP contribution >= 0.6 is 12.4 Å². The Morgan fingerprint density at radius 1 is 0.486 bits per heavy atom. The number of ether oxygens (including phenoxy) is 8. The summed E-state index contributed by atoms with van der Waals surface area (Å²) >= 11 is 0. The fraction of sp³-hybridized carbons (Fsp3) is 0.731. The third kappa shape index (κ3) is 69.3. The first-order valence-corrected chi connectivity index (χ1v) is 35.4. The summed E-state index contributed by atoms with van der Waals surface area (Å²) in [4.78, 5) is 111. The zero-order valence-corrected chi connectivity index (χ0v) is 70.2. The second kappa shape index (κ2) is 65.0. The molecule has 0 saturated heterocycles. The van der Waals surface area contributed by atoms with E-state index < -0.39 is 46.5 Å². The number of aliphatic hydroxyl groups is 1. The smallest absolute Gasteiger partial charge is 0.410 e. The molecule has 0 heterocycles. The van der Waals surface area contributed by atoms with Crippen LogP contribution < -0.4 is 5.32 Å². The minimum absolute atomic E-state index is 0. The van der Waals surface area contributed by atoms with Crippen molar-refractivity contribution in [1.82, 2.24) is 34.7 Å². The summed E-state index contributed by atoms with van der Waals surface area (Å²) in [6.07, 6.45) is 1.52. The maximum Gasteiger partial charge on any atom is 0.410 e. The van der Waals surface area contributed by atoms with Crippen molar-refractivity contribution in [3.63, 3.8) is 0 Å². The van der Waals surface area contributed by atoms with Crippen LogP contribution in [0.1, 0.15) is 204 Å². The molecule has 0 aliphatic carbocycles. The second-order valence-electron chi connectivity index (χ2n) is 29.1. The highest BCUT2D eigenvalue weighted by molar-refractivity contribution is 5.85. The lowest BCUT2D eigenvalue weighted by Crippen LogP contribution is -2.44. The summed E-state index contributed by atoms with van der Waals surface area (Å²) < 4.78 is 42.5. The van der Waals surface area contributed by atoms with E-state index in [0.717, 1.165) is 30.8 Å². The molecule has 0 aromatic heterocycles. The average molecular weight is 1560 g/mol. The molecule has 0 fully saturated rings. The van der Waals surface area contributed by atoms with Gasteiger partial charge in [-0.05, 0) is 167 Å². The van der Waals surface area contributed by atoms with E-state index in [4.69, 9.17) is 52.9 Å². The number of hydrogen-bond acceptors (Lipinski definition) is 21. The number of amides is 4. The molecular weight excluding hydrogens is 1410 g/mol. The summed E-state index contributed by atoms with van der Waals surface area (Å²) in [5.41, 5.74) is 0.0213. The highest BCUT2D eigenvalue weighted by atomic mass is 35.5. The number of esters is 2. The first-order valence-electron chi connectivity index (χ1n) is 35.4. The maximum atomic E-state index is 12.6. The van der Waals surface area contributed by atoms with E-state index in [9.17, 15) is 43.5 Å². The van der Waals surface area contributed by atoms with E-state index in [1.54, 1.807) is 74.9 Å². The normalized spacial score (nSPS) is 11.5. The third-order valence-corrected chi connectivity index (χ3v) is 13.2. The highest BCUT2D eigenvalue weighted by Crippen LogP contribution is 2.17. The van der Waals surface area contributed by atoms with E-state index in [1.807, 2.05) is 195 Å². The Kier molecular flexibility index (Phi) is 72.0. The standard InChI is InChI=1S/C22H36N2O4.C15H30N2O4.C13H27NO4.C13H19NO2.C9H17NO3.C2H4O2.C2H6O.2CH4.ClH.H2O/c1-17(2)19(20(25)27-16-18-12-9-8-10-13-18)23(6)14-11-15-24(7)21(26)28-22(3,4)5;1-11(2)12(13(18)19)16(6)9-8-10-17(7)14(20)21-15(3,4)5;1-7-16-11(17-8-2)9-10-14(6)12(15)18-13(3,4)5;1-10(2)12(14-3)13(15)16-9-11-7-5-4-6-8-11;1-9(2,3)13-8(12)10(4)6-5-7-11;1-2(3)4;1-2-3;;;;/h8-10,12-13,17,19H,11,14-16H2,1-7H3;11-12H,8-10H2,1-7H3,(H,18,19);11H,7-10H2,1-6H3;4-8,10,12,14H,9H2,1-3H3;7H,5-6H2,1-4H3;1H3,(H,3,4);3H,2H2,1H3;2*1H4;1H;1H2/t19-;12-;;12-;;;;;;;/m00.0......./s1. The molecule has 29 heteroatoms. The lowest BCUT2D eigenvalue weighted by molar-refractivity contribution is -0.153. The van der Waals surface area contributed by atoms with Gasteiger partial charge in [0.1, 0.15) is 60.0 Å². The number of carboxylic acid groups (broad SMARTS) is 2. The largest absolute Gasteiger partial charge is 0.481 e. The highest BCUT2D eigenvalue weighted by Gasteiger charge is 2.30. The van der Waals surface area contributed by atoms with Crippen LogP contribution in [0.4, 0.5) is 19.2 Å². The van der Waals surface area contributed by atoms with Crippen LogP contribution in [-0.2, 0) is 75.1 Å². The molecule has 0 saturated carbocycles. The van der Waals surface area contributed by atoms with Crippen molar-refractivity contribution in [2.75, 3.05) is 108 Å². The number of rotatable bonds is 31. The Balaban J connectivity index is -0.000000158. The predicted octanol–water partition coefficient (Wildman–Crippen LogP) is 13.2.